The zero-order valence-electron chi connectivity index (χ0n) is 21.1. The highest BCUT2D eigenvalue weighted by Gasteiger charge is 2.28. The van der Waals surface area contributed by atoms with Gasteiger partial charge in [0.25, 0.3) is 0 Å². The number of benzene rings is 2. The third-order valence-corrected chi connectivity index (χ3v) is 7.56. The molecule has 0 saturated heterocycles. The normalized spacial score (nSPS) is 14.7. The number of nitrogens with one attached hydrogen (secondary N) is 1. The molecule has 3 N–H and O–H groups in total. The van der Waals surface area contributed by atoms with Gasteiger partial charge in [-0.1, -0.05) is 36.4 Å². The van der Waals surface area contributed by atoms with Crippen molar-refractivity contribution < 1.29 is 15.0 Å². The number of aliphatic hydroxyl groups excluding tert-OH is 1. The summed E-state index contributed by atoms with van der Waals surface area (Å²) >= 11 is 1.55. The average molecular weight is 506 g/mol. The quantitative estimate of drug-likeness (QED) is 0.319. The van der Waals surface area contributed by atoms with Crippen molar-refractivity contribution in [3.63, 3.8) is 0 Å². The van der Waals surface area contributed by atoms with E-state index in [1.165, 1.54) is 17.3 Å². The van der Waals surface area contributed by atoms with E-state index in [1.54, 1.807) is 24.2 Å². The SMILES string of the molecule is CN(C[C@H](O)CNC(C)(C)CC1Cc2ccccc2C1)Sc1cccc(-c2cncc(C(=O)O)c2)c1. The van der Waals surface area contributed by atoms with E-state index in [9.17, 15) is 15.0 Å². The zero-order chi connectivity index (χ0) is 25.7. The van der Waals surface area contributed by atoms with Crippen LogP contribution in [-0.4, -0.2) is 57.3 Å². The summed E-state index contributed by atoms with van der Waals surface area (Å²) in [7, 11) is 1.97. The first-order valence-electron chi connectivity index (χ1n) is 12.4. The van der Waals surface area contributed by atoms with E-state index in [4.69, 9.17) is 0 Å². The van der Waals surface area contributed by atoms with Crippen molar-refractivity contribution in [2.24, 2.45) is 5.92 Å². The van der Waals surface area contributed by atoms with Gasteiger partial charge in [0.15, 0.2) is 0 Å². The number of carboxylic acid groups (broad SMARTS) is 1. The summed E-state index contributed by atoms with van der Waals surface area (Å²) < 4.78 is 2.03. The number of carbonyl (C=O) groups is 1. The number of hydrogen-bond donors (Lipinski definition) is 3. The Kier molecular flexibility index (Phi) is 8.46. The summed E-state index contributed by atoms with van der Waals surface area (Å²) in [5.74, 6) is -0.354. The molecule has 1 aromatic heterocycles. The second kappa shape index (κ2) is 11.6. The largest absolute Gasteiger partial charge is 0.478 e. The lowest BCUT2D eigenvalue weighted by Gasteiger charge is -2.31. The molecule has 190 valence electrons. The number of fused-ring (bicyclic) bond motifs is 1. The first kappa shape index (κ1) is 26.4. The van der Waals surface area contributed by atoms with Crippen molar-refractivity contribution in [2.75, 3.05) is 20.1 Å². The smallest absolute Gasteiger partial charge is 0.337 e. The van der Waals surface area contributed by atoms with E-state index in [1.807, 2.05) is 35.6 Å². The van der Waals surface area contributed by atoms with Crippen molar-refractivity contribution in [3.05, 3.63) is 83.7 Å². The molecule has 1 aliphatic rings. The lowest BCUT2D eigenvalue weighted by Crippen LogP contribution is -2.46. The molecule has 6 nitrogen and oxygen atoms in total. The highest BCUT2D eigenvalue weighted by atomic mass is 32.2. The number of pyridine rings is 1. The highest BCUT2D eigenvalue weighted by molar-refractivity contribution is 7.97. The van der Waals surface area contributed by atoms with Crippen LogP contribution in [0.5, 0.6) is 0 Å². The molecule has 0 aliphatic heterocycles. The maximum Gasteiger partial charge on any atom is 0.337 e. The van der Waals surface area contributed by atoms with Gasteiger partial charge >= 0.3 is 5.97 Å². The predicted molar refractivity (Wildman–Crippen MR) is 145 cm³/mol. The monoisotopic (exact) mass is 505 g/mol. The minimum atomic E-state index is -0.992. The molecule has 2 aromatic carbocycles. The van der Waals surface area contributed by atoms with Gasteiger partial charge in [-0.15, -0.1) is 0 Å². The number of likely N-dealkylation sites (N-methyl/N-ethyl adjacent to an activating group) is 1. The molecule has 0 fully saturated rings. The molecule has 0 unspecified atom stereocenters. The standard InChI is InChI=1S/C29H35N3O3S/c1-29(2,15-20-11-21-7-4-5-8-22(21)12-20)31-18-26(33)19-32(3)36-27-10-6-9-23(14-27)24-13-25(28(34)35)17-30-16-24/h4-10,13-14,16-17,20,26,31,33H,11-12,15,18-19H2,1-3H3,(H,34,35)/t26-/m1/s1. The van der Waals surface area contributed by atoms with Gasteiger partial charge in [0, 0.05) is 41.5 Å². The van der Waals surface area contributed by atoms with Crippen LogP contribution in [0.3, 0.4) is 0 Å². The lowest BCUT2D eigenvalue weighted by atomic mass is 9.88. The van der Waals surface area contributed by atoms with Crippen LogP contribution in [0.4, 0.5) is 0 Å². The third-order valence-electron chi connectivity index (χ3n) is 6.63. The topological polar surface area (TPSA) is 85.7 Å². The van der Waals surface area contributed by atoms with Crippen molar-refractivity contribution in [3.8, 4) is 11.1 Å². The summed E-state index contributed by atoms with van der Waals surface area (Å²) in [4.78, 5) is 16.3. The minimum absolute atomic E-state index is 0.0493. The molecule has 0 saturated carbocycles. The van der Waals surface area contributed by atoms with E-state index in [0.717, 1.165) is 35.3 Å². The average Bonchev–Trinajstić information content (AvgIpc) is 3.24. The van der Waals surface area contributed by atoms with Crippen molar-refractivity contribution in [2.45, 2.75) is 49.6 Å². The molecule has 0 radical (unpaired) electrons. The van der Waals surface area contributed by atoms with Crippen LogP contribution in [0.1, 0.15) is 41.8 Å². The third kappa shape index (κ3) is 7.17. The summed E-state index contributed by atoms with van der Waals surface area (Å²) in [5, 5.41) is 23.5. The number of aromatic nitrogens is 1. The Morgan fingerprint density at radius 3 is 2.53 bits per heavy atom. The Balaban J connectivity index is 1.26. The summed E-state index contributed by atoms with van der Waals surface area (Å²) in [6.07, 6.45) is 5.87. The molecule has 1 atom stereocenters. The van der Waals surface area contributed by atoms with Crippen LogP contribution >= 0.6 is 11.9 Å². The Morgan fingerprint density at radius 1 is 1.11 bits per heavy atom. The number of rotatable bonds is 11. The van der Waals surface area contributed by atoms with Crippen LogP contribution < -0.4 is 5.32 Å². The van der Waals surface area contributed by atoms with Crippen LogP contribution in [0, 0.1) is 5.92 Å². The highest BCUT2D eigenvalue weighted by Crippen LogP contribution is 2.32. The molecule has 1 aliphatic carbocycles. The van der Waals surface area contributed by atoms with Crippen LogP contribution in [0.25, 0.3) is 11.1 Å². The molecule has 0 spiro atoms. The zero-order valence-corrected chi connectivity index (χ0v) is 22.0. The Morgan fingerprint density at radius 2 is 1.83 bits per heavy atom. The lowest BCUT2D eigenvalue weighted by molar-refractivity contribution is 0.0696. The van der Waals surface area contributed by atoms with Crippen LogP contribution in [0.2, 0.25) is 0 Å². The first-order chi connectivity index (χ1) is 17.2. The van der Waals surface area contributed by atoms with Gasteiger partial charge < -0.3 is 15.5 Å². The van der Waals surface area contributed by atoms with E-state index >= 15 is 0 Å². The van der Waals surface area contributed by atoms with Gasteiger partial charge in [0.05, 0.1) is 11.7 Å². The number of aromatic carboxylic acids is 1. The van der Waals surface area contributed by atoms with Crippen molar-refractivity contribution >= 4 is 17.9 Å². The molecule has 1 heterocycles. The van der Waals surface area contributed by atoms with Crippen molar-refractivity contribution in [1.29, 1.82) is 0 Å². The van der Waals surface area contributed by atoms with Crippen molar-refractivity contribution in [1.82, 2.24) is 14.6 Å². The predicted octanol–water partition coefficient (Wildman–Crippen LogP) is 4.92. The molecule has 0 amide bonds. The molecular formula is C29H35N3O3S. The summed E-state index contributed by atoms with van der Waals surface area (Å²) in [6.45, 7) is 5.50. The van der Waals surface area contributed by atoms with Gasteiger partial charge in [-0.25, -0.2) is 9.10 Å². The maximum atomic E-state index is 11.3. The van der Waals surface area contributed by atoms with Gasteiger partial charge in [-0.05, 0) is 92.9 Å². The Hall–Kier alpha value is -2.71. The fourth-order valence-electron chi connectivity index (χ4n) is 5.01. The number of β-amino-alcohol motifs (C(OH)–C–C–N with tert-alkyl or cyclic N) is 1. The number of hydrogen-bond acceptors (Lipinski definition) is 6. The van der Waals surface area contributed by atoms with Gasteiger partial charge in [-0.3, -0.25) is 4.98 Å². The number of nitrogens with zero attached hydrogens (tertiary/aromatic N) is 2. The van der Waals surface area contributed by atoms with Gasteiger partial charge in [-0.2, -0.15) is 0 Å². The van der Waals surface area contributed by atoms with Gasteiger partial charge in [0.1, 0.15) is 0 Å². The Bertz CT molecular complexity index is 1170. The van der Waals surface area contributed by atoms with Crippen LogP contribution in [0.15, 0.2) is 71.9 Å². The van der Waals surface area contributed by atoms with E-state index < -0.39 is 12.1 Å². The first-order valence-corrected chi connectivity index (χ1v) is 13.1. The summed E-state index contributed by atoms with van der Waals surface area (Å²) in [6, 6.07) is 18.3. The maximum absolute atomic E-state index is 11.3. The Labute approximate surface area is 217 Å². The molecule has 4 rings (SSSR count). The van der Waals surface area contributed by atoms with E-state index in [2.05, 4.69) is 48.4 Å². The van der Waals surface area contributed by atoms with Gasteiger partial charge in [0.2, 0.25) is 0 Å². The molecular weight excluding hydrogens is 470 g/mol. The molecule has 7 heteroatoms. The minimum Gasteiger partial charge on any atom is -0.478 e. The van der Waals surface area contributed by atoms with Crippen LogP contribution in [-0.2, 0) is 12.8 Å². The van der Waals surface area contributed by atoms with E-state index in [-0.39, 0.29) is 11.1 Å². The number of aliphatic hydroxyl groups is 1. The second-order valence-electron chi connectivity index (χ2n) is 10.4. The number of carboxylic acids is 1. The molecule has 36 heavy (non-hydrogen) atoms. The fourth-order valence-corrected chi connectivity index (χ4v) is 5.93. The summed E-state index contributed by atoms with van der Waals surface area (Å²) in [5.41, 5.74) is 4.74. The molecule has 0 bridgehead atoms. The fraction of sp³-hybridized carbons (Fsp3) is 0.379. The molecule has 3 aromatic rings. The second-order valence-corrected chi connectivity index (χ2v) is 11.6. The van der Waals surface area contributed by atoms with E-state index in [0.29, 0.717) is 19.0 Å².